The van der Waals surface area contributed by atoms with E-state index in [1.807, 2.05) is 36.4 Å². The number of Topliss-reactive ketones (excluding diaryl/α,β-unsaturated/α-hetero) is 1. The average Bonchev–Trinajstić information content (AvgIpc) is 2.70. The lowest BCUT2D eigenvalue weighted by atomic mass is 10.0. The fraction of sp³-hybridized carbons (Fsp3) is 0.409. The van der Waals surface area contributed by atoms with Gasteiger partial charge in [0.05, 0.1) is 17.1 Å². The molecule has 0 aliphatic heterocycles. The second kappa shape index (κ2) is 12.1. The van der Waals surface area contributed by atoms with Gasteiger partial charge < -0.3 is 10.6 Å². The highest BCUT2D eigenvalue weighted by Gasteiger charge is 2.16. The van der Waals surface area contributed by atoms with Crippen LogP contribution in [0.3, 0.4) is 0 Å². The molecular weight excluding hydrogens is 386 g/mol. The third-order valence-corrected chi connectivity index (χ3v) is 4.99. The van der Waals surface area contributed by atoms with Gasteiger partial charge >= 0.3 is 0 Å². The number of hydrogen-bond donors (Lipinski definition) is 4. The Bertz CT molecular complexity index is 859. The van der Waals surface area contributed by atoms with Crippen LogP contribution in [-0.4, -0.2) is 20.7 Å². The van der Waals surface area contributed by atoms with Crippen LogP contribution in [0.4, 0.5) is 22.7 Å². The maximum absolute atomic E-state index is 12.7. The summed E-state index contributed by atoms with van der Waals surface area (Å²) in [4.78, 5) is 12.7. The molecule has 7 heteroatoms. The molecule has 2 aromatic carbocycles. The van der Waals surface area contributed by atoms with E-state index in [-0.39, 0.29) is 5.78 Å². The van der Waals surface area contributed by atoms with Gasteiger partial charge in [0, 0.05) is 24.2 Å². The summed E-state index contributed by atoms with van der Waals surface area (Å²) in [5, 5.41) is 6.65. The number of thiol groups is 1. The molecule has 0 amide bonds. The molecule has 0 spiro atoms. The molecule has 0 saturated heterocycles. The summed E-state index contributed by atoms with van der Waals surface area (Å²) in [6.45, 7) is 4.93. The Hall–Kier alpha value is -2.54. The van der Waals surface area contributed by atoms with E-state index in [1.165, 1.54) is 0 Å². The largest absolute Gasteiger partial charge is 0.383 e. The zero-order chi connectivity index (χ0) is 21.1. The van der Waals surface area contributed by atoms with E-state index in [1.54, 1.807) is 6.07 Å². The third kappa shape index (κ3) is 7.42. The predicted molar refractivity (Wildman–Crippen MR) is 122 cm³/mol. The summed E-state index contributed by atoms with van der Waals surface area (Å²) in [7, 11) is -2.87. The highest BCUT2D eigenvalue weighted by Crippen LogP contribution is 2.36. The van der Waals surface area contributed by atoms with Crippen LogP contribution in [0, 0.1) is 0 Å². The molecule has 3 N–H and O–H groups in total. The molecule has 0 bridgehead atoms. The van der Waals surface area contributed by atoms with E-state index in [4.69, 9.17) is 0 Å². The number of carbonyl (C=O) groups excluding carboxylic acids is 1. The first-order valence-electron chi connectivity index (χ1n) is 10.2. The van der Waals surface area contributed by atoms with Crippen LogP contribution >= 0.6 is 0 Å². The molecule has 0 radical (unpaired) electrons. The fourth-order valence-electron chi connectivity index (χ4n) is 3.01. The Morgan fingerprint density at radius 3 is 2.28 bits per heavy atom. The number of unbranched alkanes of at least 4 members (excludes halogenated alkanes) is 3. The van der Waals surface area contributed by atoms with Gasteiger partial charge in [-0.25, -0.2) is 8.42 Å². The van der Waals surface area contributed by atoms with Gasteiger partial charge in [-0.3, -0.25) is 9.52 Å². The minimum absolute atomic E-state index is 0.0208. The molecule has 0 aliphatic carbocycles. The number of benzene rings is 2. The van der Waals surface area contributed by atoms with E-state index in [0.29, 0.717) is 29.0 Å². The van der Waals surface area contributed by atoms with Gasteiger partial charge in [0.2, 0.25) is 10.9 Å². The summed E-state index contributed by atoms with van der Waals surface area (Å²) < 4.78 is 25.3. The van der Waals surface area contributed by atoms with Crippen LogP contribution < -0.4 is 15.4 Å². The maximum atomic E-state index is 12.7. The van der Waals surface area contributed by atoms with Crippen molar-refractivity contribution >= 4 is 39.4 Å². The number of para-hydroxylation sites is 1. The number of rotatable bonds is 13. The van der Waals surface area contributed by atoms with Crippen molar-refractivity contribution in [1.82, 2.24) is 0 Å². The van der Waals surface area contributed by atoms with Gasteiger partial charge in [-0.15, -0.1) is 0 Å². The molecule has 158 valence electrons. The van der Waals surface area contributed by atoms with Gasteiger partial charge in [0.15, 0.2) is 5.78 Å². The molecule has 0 atom stereocenters. The number of anilines is 4. The van der Waals surface area contributed by atoms with Crippen molar-refractivity contribution in [2.45, 2.75) is 52.4 Å². The van der Waals surface area contributed by atoms with Gasteiger partial charge in [-0.1, -0.05) is 51.3 Å². The Kier molecular flexibility index (Phi) is 9.50. The number of nitrogens with one attached hydrogen (secondary N) is 3. The van der Waals surface area contributed by atoms with Crippen molar-refractivity contribution in [3.05, 3.63) is 48.0 Å². The Morgan fingerprint density at radius 1 is 0.931 bits per heavy atom. The molecule has 0 aliphatic rings. The number of carbonyl (C=O) groups is 1. The topological polar surface area (TPSA) is 87.3 Å². The smallest absolute Gasteiger partial charge is 0.222 e. The van der Waals surface area contributed by atoms with Crippen molar-refractivity contribution in [3.8, 4) is 0 Å². The molecule has 6 nitrogen and oxygen atoms in total. The first-order chi connectivity index (χ1) is 14.0. The van der Waals surface area contributed by atoms with Crippen molar-refractivity contribution < 1.29 is 13.2 Å². The van der Waals surface area contributed by atoms with Crippen molar-refractivity contribution in [2.24, 2.45) is 0 Å². The van der Waals surface area contributed by atoms with E-state index in [2.05, 4.69) is 29.2 Å². The molecule has 0 aromatic heterocycles. The Morgan fingerprint density at radius 2 is 1.62 bits per heavy atom. The second-order valence-corrected chi connectivity index (χ2v) is 7.70. The molecule has 2 aromatic rings. The van der Waals surface area contributed by atoms with Crippen LogP contribution in [0.1, 0.15) is 62.7 Å². The third-order valence-electron chi connectivity index (χ3n) is 4.57. The number of ketones is 1. The summed E-state index contributed by atoms with van der Waals surface area (Å²) >= 11 is 0. The average molecular weight is 418 g/mol. The van der Waals surface area contributed by atoms with Gasteiger partial charge in [0.25, 0.3) is 0 Å². The molecule has 29 heavy (non-hydrogen) atoms. The van der Waals surface area contributed by atoms with Crippen molar-refractivity contribution in [2.75, 3.05) is 21.9 Å². The summed E-state index contributed by atoms with van der Waals surface area (Å²) in [6, 6.07) is 13.0. The molecule has 0 saturated carbocycles. The van der Waals surface area contributed by atoms with E-state index < -0.39 is 10.9 Å². The van der Waals surface area contributed by atoms with Gasteiger partial charge in [-0.2, -0.15) is 0 Å². The van der Waals surface area contributed by atoms with Crippen LogP contribution in [-0.2, 0) is 10.9 Å². The van der Waals surface area contributed by atoms with Crippen molar-refractivity contribution in [3.63, 3.8) is 0 Å². The lowest BCUT2D eigenvalue weighted by molar-refractivity contribution is 0.0979. The SMILES string of the molecule is CCCCCC(=O)c1cc(NCCCC)c(Nc2ccccc2)c(N[SH](=O)=O)c1. The quantitative estimate of drug-likeness (QED) is 0.201. The lowest BCUT2D eigenvalue weighted by Crippen LogP contribution is -2.10. The first kappa shape index (κ1) is 22.7. The minimum atomic E-state index is -2.87. The van der Waals surface area contributed by atoms with Crippen LogP contribution in [0.5, 0.6) is 0 Å². The highest BCUT2D eigenvalue weighted by atomic mass is 32.2. The van der Waals surface area contributed by atoms with E-state index in [0.717, 1.165) is 44.3 Å². The molecule has 0 heterocycles. The molecular formula is C22H31N3O3S. The predicted octanol–water partition coefficient (Wildman–Crippen LogP) is 5.34. The first-order valence-corrected chi connectivity index (χ1v) is 11.4. The summed E-state index contributed by atoms with van der Waals surface area (Å²) in [5.41, 5.74) is 3.03. The maximum Gasteiger partial charge on any atom is 0.222 e. The zero-order valence-corrected chi connectivity index (χ0v) is 18.1. The summed E-state index contributed by atoms with van der Waals surface area (Å²) in [5.74, 6) is 0.0208. The van der Waals surface area contributed by atoms with E-state index >= 15 is 0 Å². The van der Waals surface area contributed by atoms with Crippen LogP contribution in [0.2, 0.25) is 0 Å². The fourth-order valence-corrected chi connectivity index (χ4v) is 3.38. The standard InChI is InChI=1S/C22H31N3O3S/c1-3-5-8-13-21(26)17-15-19(23-14-6-4-2)22(20(16-17)25-29(27)28)24-18-11-9-7-10-12-18/h7,9-12,15-16,23-24,29H,3-6,8,13-14H2,1-2H3,(H,25,27,28). The van der Waals surface area contributed by atoms with Gasteiger partial charge in [-0.05, 0) is 37.1 Å². The lowest BCUT2D eigenvalue weighted by Gasteiger charge is -2.19. The number of hydrogen-bond acceptors (Lipinski definition) is 5. The van der Waals surface area contributed by atoms with Gasteiger partial charge in [0.1, 0.15) is 0 Å². The highest BCUT2D eigenvalue weighted by molar-refractivity contribution is 7.73. The second-order valence-electron chi connectivity index (χ2n) is 6.97. The monoisotopic (exact) mass is 417 g/mol. The zero-order valence-electron chi connectivity index (χ0n) is 17.2. The van der Waals surface area contributed by atoms with Crippen LogP contribution in [0.15, 0.2) is 42.5 Å². The normalized spacial score (nSPS) is 10.7. The van der Waals surface area contributed by atoms with E-state index in [9.17, 15) is 13.2 Å². The Labute approximate surface area is 175 Å². The minimum Gasteiger partial charge on any atom is -0.383 e. The molecule has 2 rings (SSSR count). The van der Waals surface area contributed by atoms with Crippen LogP contribution in [0.25, 0.3) is 0 Å². The molecule has 0 fully saturated rings. The Balaban J connectivity index is 2.44. The van der Waals surface area contributed by atoms with Crippen molar-refractivity contribution in [1.29, 1.82) is 0 Å². The summed E-state index contributed by atoms with van der Waals surface area (Å²) in [6.07, 6.45) is 5.33. The molecule has 0 unspecified atom stereocenters.